The highest BCUT2D eigenvalue weighted by molar-refractivity contribution is 5.80. The summed E-state index contributed by atoms with van der Waals surface area (Å²) in [5.74, 6) is -3.74. The second kappa shape index (κ2) is 5.77. The summed E-state index contributed by atoms with van der Waals surface area (Å²) >= 11 is 0. The first kappa shape index (κ1) is 17.8. The average Bonchev–Trinajstić information content (AvgIpc) is 3.06. The molecule has 0 unspecified atom stereocenters. The van der Waals surface area contributed by atoms with E-state index in [2.05, 4.69) is 15.3 Å². The van der Waals surface area contributed by atoms with Gasteiger partial charge in [-0.25, -0.2) is 18.7 Å². The fraction of sp³-hybridized carbons (Fsp3) is 0.667. The summed E-state index contributed by atoms with van der Waals surface area (Å²) in [6, 6.07) is 1.19. The molecule has 2 saturated carbocycles. The van der Waals surface area contributed by atoms with E-state index in [-0.39, 0.29) is 43.3 Å². The van der Waals surface area contributed by atoms with Gasteiger partial charge in [-0.2, -0.15) is 13.2 Å². The van der Waals surface area contributed by atoms with Gasteiger partial charge in [0, 0.05) is 23.8 Å². The van der Waals surface area contributed by atoms with E-state index in [9.17, 15) is 26.7 Å². The van der Waals surface area contributed by atoms with Crippen LogP contribution in [0.15, 0.2) is 12.4 Å². The van der Waals surface area contributed by atoms with Crippen LogP contribution in [0.25, 0.3) is 0 Å². The van der Waals surface area contributed by atoms with E-state index in [1.54, 1.807) is 0 Å². The molecule has 0 aliphatic heterocycles. The van der Waals surface area contributed by atoms with Gasteiger partial charge in [0.05, 0.1) is 12.2 Å². The summed E-state index contributed by atoms with van der Waals surface area (Å²) in [5, 5.41) is 2.55. The zero-order chi connectivity index (χ0) is 18.5. The Morgan fingerprint density at radius 1 is 1.40 bits per heavy atom. The first-order valence-electron chi connectivity index (χ1n) is 7.72. The van der Waals surface area contributed by atoms with Gasteiger partial charge < -0.3 is 10.1 Å². The number of carbonyl (C=O) groups is 1. The molecule has 0 radical (unpaired) electrons. The lowest BCUT2D eigenvalue weighted by atomic mass is 9.71. The highest BCUT2D eigenvalue weighted by Gasteiger charge is 2.76. The number of halogens is 5. The number of amides is 1. The summed E-state index contributed by atoms with van der Waals surface area (Å²) in [6.45, 7) is 0.807. The van der Waals surface area contributed by atoms with Crippen molar-refractivity contribution in [1.82, 2.24) is 15.3 Å². The SMILES string of the molecule is C[C@@H](Oc1cc(CNC(=O)C2CC3(C2)CC3(F)F)ncn1)C(F)(F)F. The molecule has 3 rings (SSSR count). The largest absolute Gasteiger partial charge is 0.465 e. The van der Waals surface area contributed by atoms with Crippen molar-refractivity contribution in [2.45, 2.75) is 50.9 Å². The van der Waals surface area contributed by atoms with Gasteiger partial charge in [0.1, 0.15) is 6.33 Å². The number of nitrogens with one attached hydrogen (secondary N) is 1. The van der Waals surface area contributed by atoms with Gasteiger partial charge >= 0.3 is 6.18 Å². The fourth-order valence-electron chi connectivity index (χ4n) is 3.00. The van der Waals surface area contributed by atoms with Gasteiger partial charge in [-0.15, -0.1) is 0 Å². The highest BCUT2D eigenvalue weighted by Crippen LogP contribution is 2.72. The van der Waals surface area contributed by atoms with E-state index in [0.29, 0.717) is 0 Å². The van der Waals surface area contributed by atoms with Crippen molar-refractivity contribution in [3.63, 3.8) is 0 Å². The molecule has 1 heterocycles. The van der Waals surface area contributed by atoms with Crippen LogP contribution in [0.3, 0.4) is 0 Å². The Morgan fingerprint density at radius 2 is 2.04 bits per heavy atom. The summed E-state index contributed by atoms with van der Waals surface area (Å²) in [7, 11) is 0. The number of carbonyl (C=O) groups excluding carboxylic acids is 1. The predicted molar refractivity (Wildman–Crippen MR) is 74.7 cm³/mol. The predicted octanol–water partition coefficient (Wildman–Crippen LogP) is 2.86. The number of alkyl halides is 5. The molecule has 138 valence electrons. The molecule has 1 spiro atoms. The first-order valence-corrected chi connectivity index (χ1v) is 7.72. The van der Waals surface area contributed by atoms with E-state index in [4.69, 9.17) is 4.74 Å². The van der Waals surface area contributed by atoms with Crippen molar-refractivity contribution in [3.05, 3.63) is 18.1 Å². The van der Waals surface area contributed by atoms with Crippen molar-refractivity contribution < 1.29 is 31.5 Å². The lowest BCUT2D eigenvalue weighted by Gasteiger charge is -2.34. The molecular weight excluding hydrogens is 349 g/mol. The van der Waals surface area contributed by atoms with Crippen LogP contribution in [0.1, 0.15) is 31.9 Å². The van der Waals surface area contributed by atoms with Crippen molar-refractivity contribution in [2.24, 2.45) is 11.3 Å². The lowest BCUT2D eigenvalue weighted by molar-refractivity contribution is -0.190. The fourth-order valence-corrected chi connectivity index (χ4v) is 3.00. The third-order valence-corrected chi connectivity index (χ3v) is 4.76. The summed E-state index contributed by atoms with van der Waals surface area (Å²) in [6.07, 6.45) is -5.36. The van der Waals surface area contributed by atoms with E-state index in [1.165, 1.54) is 6.07 Å². The average molecular weight is 365 g/mol. The number of hydrogen-bond donors (Lipinski definition) is 1. The maximum Gasteiger partial charge on any atom is 0.425 e. The Labute approximate surface area is 140 Å². The molecule has 1 amide bonds. The van der Waals surface area contributed by atoms with Gasteiger partial charge in [-0.05, 0) is 19.8 Å². The molecule has 2 aliphatic rings. The highest BCUT2D eigenvalue weighted by atomic mass is 19.4. The van der Waals surface area contributed by atoms with Gasteiger partial charge in [0.15, 0.2) is 6.10 Å². The van der Waals surface area contributed by atoms with Crippen LogP contribution in [0, 0.1) is 11.3 Å². The minimum Gasteiger partial charge on any atom is -0.465 e. The Kier molecular flexibility index (Phi) is 4.11. The standard InChI is InChI=1S/C15H16F5N3O2/c1-8(15(18,19)20)25-11-2-10(22-7-23-11)5-21-12(24)9-3-13(4-9)6-14(13,16)17/h2,7-9H,3-6H2,1H3,(H,21,24)/t8-,9?,13?/m1/s1. The molecule has 10 heteroatoms. The van der Waals surface area contributed by atoms with E-state index in [1.807, 2.05) is 0 Å². The van der Waals surface area contributed by atoms with Crippen molar-refractivity contribution in [1.29, 1.82) is 0 Å². The van der Waals surface area contributed by atoms with Crippen LogP contribution in [0.5, 0.6) is 5.88 Å². The zero-order valence-corrected chi connectivity index (χ0v) is 13.2. The molecule has 2 fully saturated rings. The smallest absolute Gasteiger partial charge is 0.425 e. The van der Waals surface area contributed by atoms with Crippen LogP contribution in [0.4, 0.5) is 22.0 Å². The quantitative estimate of drug-likeness (QED) is 0.815. The third-order valence-electron chi connectivity index (χ3n) is 4.76. The summed E-state index contributed by atoms with van der Waals surface area (Å²) < 4.78 is 68.3. The van der Waals surface area contributed by atoms with E-state index >= 15 is 0 Å². The third kappa shape index (κ3) is 3.52. The van der Waals surface area contributed by atoms with Gasteiger partial charge in [-0.3, -0.25) is 4.79 Å². The van der Waals surface area contributed by atoms with Gasteiger partial charge in [0.25, 0.3) is 5.92 Å². The monoisotopic (exact) mass is 365 g/mol. The number of rotatable bonds is 5. The van der Waals surface area contributed by atoms with E-state index < -0.39 is 29.5 Å². The number of hydrogen-bond acceptors (Lipinski definition) is 4. The molecule has 5 nitrogen and oxygen atoms in total. The van der Waals surface area contributed by atoms with Gasteiger partial charge in [-0.1, -0.05) is 0 Å². The Morgan fingerprint density at radius 3 is 2.60 bits per heavy atom. The van der Waals surface area contributed by atoms with Crippen LogP contribution < -0.4 is 10.1 Å². The molecule has 2 aliphatic carbocycles. The van der Waals surface area contributed by atoms with Crippen LogP contribution >= 0.6 is 0 Å². The number of ether oxygens (including phenoxy) is 1. The van der Waals surface area contributed by atoms with Gasteiger partial charge in [0.2, 0.25) is 11.8 Å². The molecule has 0 aromatic carbocycles. The Balaban J connectivity index is 1.49. The molecule has 1 atom stereocenters. The lowest BCUT2D eigenvalue weighted by Crippen LogP contribution is -2.41. The molecular formula is C15H16F5N3O2. The maximum absolute atomic E-state index is 13.1. The first-order chi connectivity index (χ1) is 11.5. The molecule has 0 bridgehead atoms. The summed E-state index contributed by atoms with van der Waals surface area (Å²) in [4.78, 5) is 19.4. The van der Waals surface area contributed by atoms with Crippen LogP contribution in [0.2, 0.25) is 0 Å². The topological polar surface area (TPSA) is 64.1 Å². The van der Waals surface area contributed by atoms with Crippen molar-refractivity contribution in [2.75, 3.05) is 0 Å². The Bertz CT molecular complexity index is 673. The normalized spacial score (nSPS) is 28.2. The van der Waals surface area contributed by atoms with Crippen molar-refractivity contribution in [3.8, 4) is 5.88 Å². The Hall–Kier alpha value is -2.00. The van der Waals surface area contributed by atoms with E-state index in [0.717, 1.165) is 13.3 Å². The maximum atomic E-state index is 13.1. The molecule has 1 N–H and O–H groups in total. The zero-order valence-electron chi connectivity index (χ0n) is 13.2. The number of aromatic nitrogens is 2. The number of nitrogens with zero attached hydrogens (tertiary/aromatic N) is 2. The molecule has 0 saturated heterocycles. The second-order valence-electron chi connectivity index (χ2n) is 6.63. The van der Waals surface area contributed by atoms with Crippen LogP contribution in [-0.4, -0.2) is 34.1 Å². The molecule has 1 aromatic rings. The minimum atomic E-state index is -4.52. The minimum absolute atomic E-state index is 0.0436. The molecule has 1 aromatic heterocycles. The van der Waals surface area contributed by atoms with Crippen LogP contribution in [-0.2, 0) is 11.3 Å². The summed E-state index contributed by atoms with van der Waals surface area (Å²) in [5.41, 5.74) is -0.725. The second-order valence-corrected chi connectivity index (χ2v) is 6.63. The van der Waals surface area contributed by atoms with Crippen molar-refractivity contribution >= 4 is 5.91 Å². The molecule has 25 heavy (non-hydrogen) atoms.